The van der Waals surface area contributed by atoms with E-state index in [1.807, 2.05) is 13.8 Å². The molecule has 4 heteroatoms. The van der Waals surface area contributed by atoms with Crippen LogP contribution in [0.2, 0.25) is 0 Å². The fourth-order valence-electron chi connectivity index (χ4n) is 2.68. The maximum absolute atomic E-state index is 9.88. The fraction of sp³-hybridized carbons (Fsp3) is 0.769. The Morgan fingerprint density at radius 3 is 2.88 bits per heavy atom. The molecule has 2 N–H and O–H groups in total. The van der Waals surface area contributed by atoms with Crippen LogP contribution in [0.25, 0.3) is 0 Å². The molecule has 4 nitrogen and oxygen atoms in total. The number of H-pyrrole nitrogens is 1. The molecule has 1 aliphatic rings. The number of aromatic nitrogens is 2. The van der Waals surface area contributed by atoms with Gasteiger partial charge in [0.05, 0.1) is 11.3 Å². The highest BCUT2D eigenvalue weighted by atomic mass is 16.3. The number of rotatable bonds is 3. The van der Waals surface area contributed by atoms with Gasteiger partial charge in [0.1, 0.15) is 0 Å². The Kier molecular flexibility index (Phi) is 3.27. The highest BCUT2D eigenvalue weighted by molar-refractivity contribution is 5.26. The molecule has 0 radical (unpaired) electrons. The van der Waals surface area contributed by atoms with Gasteiger partial charge < -0.3 is 5.11 Å². The molecule has 0 aromatic carbocycles. The molecule has 1 atom stereocenters. The summed E-state index contributed by atoms with van der Waals surface area (Å²) in [5.74, 6) is 0. The zero-order chi connectivity index (χ0) is 12.6. The Morgan fingerprint density at radius 1 is 1.53 bits per heavy atom. The summed E-state index contributed by atoms with van der Waals surface area (Å²) in [4.78, 5) is 2.43. The van der Waals surface area contributed by atoms with Gasteiger partial charge in [-0.3, -0.25) is 10.00 Å². The second-order valence-corrected chi connectivity index (χ2v) is 5.86. The van der Waals surface area contributed by atoms with Crippen molar-refractivity contribution in [2.75, 3.05) is 6.54 Å². The number of hydrogen-bond acceptors (Lipinski definition) is 3. The van der Waals surface area contributed by atoms with Gasteiger partial charge in [-0.1, -0.05) is 0 Å². The number of aryl methyl sites for hydroxylation is 1. The first-order valence-electron chi connectivity index (χ1n) is 6.36. The van der Waals surface area contributed by atoms with Crippen LogP contribution < -0.4 is 0 Å². The molecule has 0 aliphatic carbocycles. The summed E-state index contributed by atoms with van der Waals surface area (Å²) in [7, 11) is 0. The van der Waals surface area contributed by atoms with Crippen LogP contribution in [0, 0.1) is 6.92 Å². The van der Waals surface area contributed by atoms with Gasteiger partial charge in [-0.25, -0.2) is 0 Å². The Bertz CT molecular complexity index is 392. The van der Waals surface area contributed by atoms with Crippen LogP contribution in [0.15, 0.2) is 0 Å². The van der Waals surface area contributed by atoms with Gasteiger partial charge in [0, 0.05) is 36.8 Å². The van der Waals surface area contributed by atoms with Crippen molar-refractivity contribution in [3.63, 3.8) is 0 Å². The van der Waals surface area contributed by atoms with Gasteiger partial charge in [0.25, 0.3) is 0 Å². The van der Waals surface area contributed by atoms with E-state index < -0.39 is 5.60 Å². The summed E-state index contributed by atoms with van der Waals surface area (Å²) in [5.41, 5.74) is 3.15. The molecule has 17 heavy (non-hydrogen) atoms. The molecule has 2 rings (SSSR count). The normalized spacial score (nSPS) is 19.1. The molecular weight excluding hydrogens is 214 g/mol. The third-order valence-electron chi connectivity index (χ3n) is 3.57. The van der Waals surface area contributed by atoms with E-state index in [4.69, 9.17) is 0 Å². The standard InChI is InChI=1S/C13H23N3O/c1-9(7-13(3,4)17)16-6-5-12-11(8-16)10(2)14-15-12/h9,17H,5-8H2,1-4H3,(H,14,15). The van der Waals surface area contributed by atoms with Crippen molar-refractivity contribution >= 4 is 0 Å². The lowest BCUT2D eigenvalue weighted by Gasteiger charge is -2.35. The largest absolute Gasteiger partial charge is 0.390 e. The minimum absolute atomic E-state index is 0.400. The molecule has 96 valence electrons. The number of nitrogens with one attached hydrogen (secondary N) is 1. The van der Waals surface area contributed by atoms with Crippen LogP contribution in [0.5, 0.6) is 0 Å². The van der Waals surface area contributed by atoms with Gasteiger partial charge in [0.2, 0.25) is 0 Å². The molecule has 1 aromatic rings. The number of hydrogen-bond donors (Lipinski definition) is 2. The lowest BCUT2D eigenvalue weighted by molar-refractivity contribution is 0.0341. The molecule has 0 saturated heterocycles. The van der Waals surface area contributed by atoms with E-state index in [0.29, 0.717) is 6.04 Å². The van der Waals surface area contributed by atoms with E-state index in [1.165, 1.54) is 17.0 Å². The summed E-state index contributed by atoms with van der Waals surface area (Å²) in [6, 6.07) is 0.400. The Morgan fingerprint density at radius 2 is 2.24 bits per heavy atom. The first kappa shape index (κ1) is 12.6. The van der Waals surface area contributed by atoms with Crippen molar-refractivity contribution in [2.24, 2.45) is 0 Å². The van der Waals surface area contributed by atoms with Crippen LogP contribution >= 0.6 is 0 Å². The molecule has 0 amide bonds. The first-order valence-corrected chi connectivity index (χ1v) is 6.36. The van der Waals surface area contributed by atoms with E-state index in [2.05, 4.69) is 28.9 Å². The SMILES string of the molecule is Cc1[nH]nc2c1CN(C(C)CC(C)(C)O)CC2. The summed E-state index contributed by atoms with van der Waals surface area (Å²) < 4.78 is 0. The zero-order valence-electron chi connectivity index (χ0n) is 11.2. The van der Waals surface area contributed by atoms with Crippen molar-refractivity contribution in [3.05, 3.63) is 17.0 Å². The highest BCUT2D eigenvalue weighted by Crippen LogP contribution is 2.24. The van der Waals surface area contributed by atoms with Gasteiger partial charge in [-0.2, -0.15) is 5.10 Å². The number of aromatic amines is 1. The Labute approximate surface area is 103 Å². The van der Waals surface area contributed by atoms with Crippen molar-refractivity contribution in [3.8, 4) is 0 Å². The number of aliphatic hydroxyl groups is 1. The lowest BCUT2D eigenvalue weighted by Crippen LogP contribution is -2.41. The molecule has 1 aliphatic heterocycles. The van der Waals surface area contributed by atoms with Crippen molar-refractivity contribution in [1.29, 1.82) is 0 Å². The van der Waals surface area contributed by atoms with Crippen molar-refractivity contribution in [2.45, 2.75) is 58.7 Å². The van der Waals surface area contributed by atoms with Crippen LogP contribution in [-0.2, 0) is 13.0 Å². The monoisotopic (exact) mass is 237 g/mol. The van der Waals surface area contributed by atoms with Gasteiger partial charge in [-0.15, -0.1) is 0 Å². The molecular formula is C13H23N3O. The van der Waals surface area contributed by atoms with Crippen LogP contribution in [0.4, 0.5) is 0 Å². The molecule has 1 aromatic heterocycles. The van der Waals surface area contributed by atoms with E-state index in [1.54, 1.807) is 0 Å². The van der Waals surface area contributed by atoms with Crippen LogP contribution in [0.3, 0.4) is 0 Å². The van der Waals surface area contributed by atoms with E-state index in [0.717, 1.165) is 25.9 Å². The lowest BCUT2D eigenvalue weighted by atomic mass is 9.96. The highest BCUT2D eigenvalue weighted by Gasteiger charge is 2.27. The third kappa shape index (κ3) is 2.87. The molecule has 2 heterocycles. The first-order chi connectivity index (χ1) is 7.87. The van der Waals surface area contributed by atoms with Gasteiger partial charge in [0.15, 0.2) is 0 Å². The fourth-order valence-corrected chi connectivity index (χ4v) is 2.68. The summed E-state index contributed by atoms with van der Waals surface area (Å²) in [6.07, 6.45) is 1.81. The molecule has 0 bridgehead atoms. The average Bonchev–Trinajstić information content (AvgIpc) is 2.57. The maximum Gasteiger partial charge on any atom is 0.0682 e. The number of nitrogens with zero attached hydrogens (tertiary/aromatic N) is 2. The van der Waals surface area contributed by atoms with Crippen LogP contribution in [0.1, 0.15) is 44.1 Å². The predicted octanol–water partition coefficient (Wildman–Crippen LogP) is 1.63. The predicted molar refractivity (Wildman–Crippen MR) is 67.8 cm³/mol. The smallest absolute Gasteiger partial charge is 0.0682 e. The average molecular weight is 237 g/mol. The third-order valence-corrected chi connectivity index (χ3v) is 3.57. The Balaban J connectivity index is 2.04. The second-order valence-electron chi connectivity index (χ2n) is 5.86. The van der Waals surface area contributed by atoms with Crippen molar-refractivity contribution in [1.82, 2.24) is 15.1 Å². The van der Waals surface area contributed by atoms with Crippen LogP contribution in [-0.4, -0.2) is 38.4 Å². The maximum atomic E-state index is 9.88. The van der Waals surface area contributed by atoms with Gasteiger partial charge in [-0.05, 0) is 34.1 Å². The minimum Gasteiger partial charge on any atom is -0.390 e. The van der Waals surface area contributed by atoms with Crippen molar-refractivity contribution < 1.29 is 5.11 Å². The molecule has 1 unspecified atom stereocenters. The van der Waals surface area contributed by atoms with E-state index >= 15 is 0 Å². The van der Waals surface area contributed by atoms with E-state index in [-0.39, 0.29) is 0 Å². The van der Waals surface area contributed by atoms with E-state index in [9.17, 15) is 5.11 Å². The molecule has 0 spiro atoms. The summed E-state index contributed by atoms with van der Waals surface area (Å²) >= 11 is 0. The Hall–Kier alpha value is -0.870. The minimum atomic E-state index is -0.592. The molecule has 0 fully saturated rings. The molecule has 0 saturated carbocycles. The second kappa shape index (κ2) is 4.42. The van der Waals surface area contributed by atoms with Gasteiger partial charge >= 0.3 is 0 Å². The summed E-state index contributed by atoms with van der Waals surface area (Å²) in [6.45, 7) is 10.0. The topological polar surface area (TPSA) is 52.2 Å². The quantitative estimate of drug-likeness (QED) is 0.840. The number of fused-ring (bicyclic) bond motifs is 1. The zero-order valence-corrected chi connectivity index (χ0v) is 11.2. The summed E-state index contributed by atoms with van der Waals surface area (Å²) in [5, 5.41) is 17.3.